The van der Waals surface area contributed by atoms with E-state index in [2.05, 4.69) is 15.4 Å². The lowest BCUT2D eigenvalue weighted by Crippen LogP contribution is -2.43. The molecular weight excluding hydrogens is 494 g/mol. The number of hydrazine groups is 1. The third-order valence-electron chi connectivity index (χ3n) is 4.24. The highest BCUT2D eigenvalue weighted by molar-refractivity contribution is 7.89. The van der Waals surface area contributed by atoms with E-state index >= 15 is 0 Å². The number of nitrogens with one attached hydrogen (secondary N) is 2. The average Bonchev–Trinajstić information content (AvgIpc) is 3.19. The summed E-state index contributed by atoms with van der Waals surface area (Å²) >= 11 is 0. The zero-order valence-electron chi connectivity index (χ0n) is 16.9. The number of hydrogen-bond donors (Lipinski definition) is 2. The Morgan fingerprint density at radius 3 is 2.06 bits per heavy atom. The lowest BCUT2D eigenvalue weighted by molar-refractivity contribution is -0.143. The van der Waals surface area contributed by atoms with Gasteiger partial charge in [0, 0.05) is 5.56 Å². The van der Waals surface area contributed by atoms with Crippen LogP contribution in [0.25, 0.3) is 11.4 Å². The summed E-state index contributed by atoms with van der Waals surface area (Å²) in [7, 11) is -4.10. The monoisotopic (exact) mass is 508 g/mol. The quantitative estimate of drug-likeness (QED) is 0.391. The first-order valence-electron chi connectivity index (χ1n) is 9.10. The third-order valence-corrected chi connectivity index (χ3v) is 5.50. The number of rotatable bonds is 6. The number of benzene rings is 2. The number of amides is 1. The molecule has 182 valence electrons. The Kier molecular flexibility index (Phi) is 6.66. The predicted octanol–water partition coefficient (Wildman–Crippen LogP) is 2.70. The van der Waals surface area contributed by atoms with Gasteiger partial charge in [0.2, 0.25) is 5.82 Å². The molecule has 0 unspecified atom stereocenters. The van der Waals surface area contributed by atoms with Gasteiger partial charge in [-0.2, -0.15) is 31.1 Å². The number of carbonyl (C=O) groups excluding carboxylic acids is 1. The van der Waals surface area contributed by atoms with Crippen LogP contribution in [0.15, 0.2) is 47.4 Å². The zero-order valence-corrected chi connectivity index (χ0v) is 17.8. The van der Waals surface area contributed by atoms with Crippen molar-refractivity contribution in [1.82, 2.24) is 30.5 Å². The molecule has 0 spiro atoms. The fraction of sp³-hybridized carbons (Fsp3) is 0.222. The SMILES string of the molecule is Cc1ccc(S(=O)(=O)NNC(=O)Cn2nnc(-c3cc(C(F)(F)F)cc(C(F)(F)F)c3)n2)cc1. The Hall–Kier alpha value is -3.53. The van der Waals surface area contributed by atoms with E-state index in [1.54, 1.807) is 6.92 Å². The first kappa shape index (κ1) is 25.1. The Labute approximate surface area is 187 Å². The molecule has 34 heavy (non-hydrogen) atoms. The molecule has 0 aliphatic rings. The Morgan fingerprint density at radius 2 is 1.53 bits per heavy atom. The van der Waals surface area contributed by atoms with E-state index in [1.165, 1.54) is 24.3 Å². The van der Waals surface area contributed by atoms with E-state index in [0.717, 1.165) is 5.56 Å². The van der Waals surface area contributed by atoms with Gasteiger partial charge in [0.1, 0.15) is 6.54 Å². The fourth-order valence-electron chi connectivity index (χ4n) is 2.58. The van der Waals surface area contributed by atoms with Gasteiger partial charge in [-0.1, -0.05) is 17.7 Å². The second-order valence-corrected chi connectivity index (χ2v) is 8.59. The fourth-order valence-corrected chi connectivity index (χ4v) is 3.44. The number of tetrazole rings is 1. The highest BCUT2D eigenvalue weighted by Crippen LogP contribution is 2.37. The Morgan fingerprint density at radius 1 is 0.971 bits per heavy atom. The van der Waals surface area contributed by atoms with Crippen molar-refractivity contribution in [3.63, 3.8) is 0 Å². The lowest BCUT2D eigenvalue weighted by atomic mass is 10.0. The number of aromatic nitrogens is 4. The van der Waals surface area contributed by atoms with E-state index in [1.807, 2.05) is 10.3 Å². The van der Waals surface area contributed by atoms with Crippen LogP contribution in [0.4, 0.5) is 26.3 Å². The number of hydrogen-bond acceptors (Lipinski definition) is 6. The Bertz CT molecular complexity index is 1270. The first-order valence-corrected chi connectivity index (χ1v) is 10.6. The summed E-state index contributed by atoms with van der Waals surface area (Å²) in [5.41, 5.74) is -1.08. The molecular formula is C18H14F6N6O3S. The summed E-state index contributed by atoms with van der Waals surface area (Å²) in [6, 6.07) is 6.45. The molecule has 1 amide bonds. The van der Waals surface area contributed by atoms with Crippen molar-refractivity contribution in [2.45, 2.75) is 30.7 Å². The molecule has 3 rings (SSSR count). The molecule has 2 aromatic carbocycles. The van der Waals surface area contributed by atoms with Crippen molar-refractivity contribution < 1.29 is 39.6 Å². The summed E-state index contributed by atoms with van der Waals surface area (Å²) in [4.78, 5) is 14.3. The van der Waals surface area contributed by atoms with E-state index in [-0.39, 0.29) is 11.0 Å². The van der Waals surface area contributed by atoms with Crippen molar-refractivity contribution in [3.05, 3.63) is 59.2 Å². The number of carbonyl (C=O) groups is 1. The highest BCUT2D eigenvalue weighted by Gasteiger charge is 2.37. The molecule has 2 N–H and O–H groups in total. The molecule has 0 bridgehead atoms. The summed E-state index contributed by atoms with van der Waals surface area (Å²) in [5, 5.41) is 10.4. The molecule has 0 aliphatic heterocycles. The van der Waals surface area contributed by atoms with Gasteiger partial charge in [0.15, 0.2) is 0 Å². The minimum Gasteiger partial charge on any atom is -0.276 e. The van der Waals surface area contributed by atoms with Gasteiger partial charge in [-0.3, -0.25) is 10.2 Å². The number of sulfonamides is 1. The molecule has 0 atom stereocenters. The van der Waals surface area contributed by atoms with Crippen LogP contribution < -0.4 is 10.3 Å². The summed E-state index contributed by atoms with van der Waals surface area (Å²) < 4.78 is 102. The van der Waals surface area contributed by atoms with Crippen LogP contribution >= 0.6 is 0 Å². The van der Waals surface area contributed by atoms with Gasteiger partial charge < -0.3 is 0 Å². The number of nitrogens with zero attached hydrogens (tertiary/aromatic N) is 4. The van der Waals surface area contributed by atoms with Crippen LogP contribution in [0.5, 0.6) is 0 Å². The van der Waals surface area contributed by atoms with Crippen molar-refractivity contribution in [1.29, 1.82) is 0 Å². The van der Waals surface area contributed by atoms with Crippen LogP contribution in [0, 0.1) is 6.92 Å². The van der Waals surface area contributed by atoms with Crippen LogP contribution in [0.2, 0.25) is 0 Å². The van der Waals surface area contributed by atoms with Crippen molar-refractivity contribution in [2.24, 2.45) is 0 Å². The molecule has 16 heteroatoms. The number of alkyl halides is 6. The van der Waals surface area contributed by atoms with Crippen molar-refractivity contribution >= 4 is 15.9 Å². The van der Waals surface area contributed by atoms with Crippen molar-refractivity contribution in [3.8, 4) is 11.4 Å². The maximum Gasteiger partial charge on any atom is 0.416 e. The molecule has 0 aliphatic carbocycles. The zero-order chi connectivity index (χ0) is 25.3. The molecule has 9 nitrogen and oxygen atoms in total. The van der Waals surface area contributed by atoms with Gasteiger partial charge in [-0.05, 0) is 42.5 Å². The summed E-state index contributed by atoms with van der Waals surface area (Å²) in [5.74, 6) is -1.59. The van der Waals surface area contributed by atoms with Gasteiger partial charge in [-0.25, -0.2) is 8.42 Å². The maximum atomic E-state index is 13.0. The van der Waals surface area contributed by atoms with Crippen LogP contribution in [-0.4, -0.2) is 34.5 Å². The summed E-state index contributed by atoms with van der Waals surface area (Å²) in [6.07, 6.45) is -10.1. The second-order valence-electron chi connectivity index (χ2n) is 6.90. The van der Waals surface area contributed by atoms with Gasteiger partial charge in [0.25, 0.3) is 15.9 Å². The van der Waals surface area contributed by atoms with Gasteiger partial charge >= 0.3 is 12.4 Å². The first-order chi connectivity index (χ1) is 15.6. The summed E-state index contributed by atoms with van der Waals surface area (Å²) in [6.45, 7) is 1.00. The molecule has 0 saturated carbocycles. The van der Waals surface area contributed by atoms with E-state index < -0.39 is 57.3 Å². The highest BCUT2D eigenvalue weighted by atomic mass is 32.2. The van der Waals surface area contributed by atoms with E-state index in [0.29, 0.717) is 16.9 Å². The molecule has 1 heterocycles. The number of halogens is 6. The molecule has 1 aromatic heterocycles. The molecule has 0 fully saturated rings. The smallest absolute Gasteiger partial charge is 0.276 e. The molecule has 0 radical (unpaired) electrons. The normalized spacial score (nSPS) is 12.6. The minimum absolute atomic E-state index is 0.0540. The largest absolute Gasteiger partial charge is 0.416 e. The van der Waals surface area contributed by atoms with E-state index in [4.69, 9.17) is 0 Å². The predicted molar refractivity (Wildman–Crippen MR) is 103 cm³/mol. The van der Waals surface area contributed by atoms with Crippen molar-refractivity contribution in [2.75, 3.05) is 0 Å². The number of aryl methyl sites for hydroxylation is 1. The van der Waals surface area contributed by atoms with Crippen LogP contribution in [-0.2, 0) is 33.7 Å². The maximum absolute atomic E-state index is 13.0. The lowest BCUT2D eigenvalue weighted by Gasteiger charge is -2.12. The topological polar surface area (TPSA) is 119 Å². The Balaban J connectivity index is 1.74. The third kappa shape index (κ3) is 6.07. The molecule has 3 aromatic rings. The van der Waals surface area contributed by atoms with Crippen LogP contribution in [0.1, 0.15) is 16.7 Å². The average molecular weight is 508 g/mol. The molecule has 0 saturated heterocycles. The van der Waals surface area contributed by atoms with Gasteiger partial charge in [0.05, 0.1) is 16.0 Å². The second kappa shape index (κ2) is 9.02. The van der Waals surface area contributed by atoms with Crippen LogP contribution in [0.3, 0.4) is 0 Å². The van der Waals surface area contributed by atoms with E-state index in [9.17, 15) is 39.6 Å². The minimum atomic E-state index is -5.07. The standard InChI is InChI=1S/C18H14F6N6O3S/c1-10-2-4-14(5-3-10)34(32,33)29-25-15(31)9-30-27-16(26-28-30)11-6-12(17(19,20)21)8-13(7-11)18(22,23)24/h2-8,29H,9H2,1H3,(H,25,31). The van der Waals surface area contributed by atoms with Gasteiger partial charge in [-0.15, -0.1) is 15.0 Å².